The highest BCUT2D eigenvalue weighted by molar-refractivity contribution is 5.75. The Hall–Kier alpha value is -2.14. The first-order chi connectivity index (χ1) is 11.3. The smallest absolute Gasteiger partial charge is 0.220 e. The van der Waals surface area contributed by atoms with Gasteiger partial charge >= 0.3 is 0 Å². The van der Waals surface area contributed by atoms with E-state index >= 15 is 0 Å². The Morgan fingerprint density at radius 2 is 1.83 bits per heavy atom. The van der Waals surface area contributed by atoms with Crippen molar-refractivity contribution in [3.63, 3.8) is 0 Å². The number of carbonyl (C=O) groups excluding carboxylic acids is 1. The monoisotopic (exact) mass is 314 g/mol. The Kier molecular flexibility index (Phi) is 7.33. The predicted octanol–water partition coefficient (Wildman–Crippen LogP) is 2.46. The molecule has 124 valence electrons. The van der Waals surface area contributed by atoms with Crippen LogP contribution in [0.25, 0.3) is 0 Å². The van der Waals surface area contributed by atoms with Crippen LogP contribution in [-0.2, 0) is 17.9 Å². The first kappa shape index (κ1) is 17.2. The molecule has 1 aromatic heterocycles. The minimum absolute atomic E-state index is 0.123. The largest absolute Gasteiger partial charge is 0.352 e. The zero-order valence-corrected chi connectivity index (χ0v) is 13.6. The SMILES string of the molecule is NCCCCCCC(=O)NCc1ccc(Cn2cccn2)cc1. The van der Waals surface area contributed by atoms with E-state index in [4.69, 9.17) is 5.73 Å². The number of rotatable bonds is 10. The number of hydrogen-bond donors (Lipinski definition) is 2. The summed E-state index contributed by atoms with van der Waals surface area (Å²) >= 11 is 0. The molecule has 0 aliphatic rings. The van der Waals surface area contributed by atoms with Crippen LogP contribution < -0.4 is 11.1 Å². The maximum atomic E-state index is 11.8. The molecule has 5 heteroatoms. The van der Waals surface area contributed by atoms with Gasteiger partial charge in [0.05, 0.1) is 6.54 Å². The van der Waals surface area contributed by atoms with Crippen molar-refractivity contribution in [1.82, 2.24) is 15.1 Å². The third-order valence-corrected chi connectivity index (χ3v) is 3.77. The van der Waals surface area contributed by atoms with E-state index < -0.39 is 0 Å². The van der Waals surface area contributed by atoms with Crippen molar-refractivity contribution >= 4 is 5.91 Å². The Labute approximate surface area is 137 Å². The minimum Gasteiger partial charge on any atom is -0.352 e. The van der Waals surface area contributed by atoms with E-state index in [2.05, 4.69) is 34.7 Å². The summed E-state index contributed by atoms with van der Waals surface area (Å²) in [6.07, 6.45) is 8.50. The first-order valence-electron chi connectivity index (χ1n) is 8.30. The van der Waals surface area contributed by atoms with E-state index in [0.29, 0.717) is 13.0 Å². The average molecular weight is 314 g/mol. The lowest BCUT2D eigenvalue weighted by Crippen LogP contribution is -2.22. The van der Waals surface area contributed by atoms with Crippen molar-refractivity contribution in [2.24, 2.45) is 5.73 Å². The molecule has 1 aromatic carbocycles. The molecule has 23 heavy (non-hydrogen) atoms. The molecular weight excluding hydrogens is 288 g/mol. The van der Waals surface area contributed by atoms with Crippen molar-refractivity contribution in [2.45, 2.75) is 45.2 Å². The number of amides is 1. The molecule has 0 saturated carbocycles. The van der Waals surface area contributed by atoms with Gasteiger partial charge in [0.15, 0.2) is 0 Å². The molecule has 1 heterocycles. The molecule has 0 spiro atoms. The molecule has 0 unspecified atom stereocenters. The molecule has 0 fully saturated rings. The molecule has 3 N–H and O–H groups in total. The van der Waals surface area contributed by atoms with Crippen LogP contribution in [0.1, 0.15) is 43.2 Å². The lowest BCUT2D eigenvalue weighted by molar-refractivity contribution is -0.121. The van der Waals surface area contributed by atoms with Gasteiger partial charge in [-0.2, -0.15) is 5.10 Å². The molecule has 2 rings (SSSR count). The summed E-state index contributed by atoms with van der Waals surface area (Å²) in [7, 11) is 0. The van der Waals surface area contributed by atoms with Gasteiger partial charge in [0.1, 0.15) is 0 Å². The summed E-state index contributed by atoms with van der Waals surface area (Å²) in [4.78, 5) is 11.8. The summed E-state index contributed by atoms with van der Waals surface area (Å²) < 4.78 is 1.89. The van der Waals surface area contributed by atoms with Crippen molar-refractivity contribution in [3.05, 3.63) is 53.9 Å². The number of unbranched alkanes of at least 4 members (excludes halogenated alkanes) is 3. The molecule has 0 aliphatic carbocycles. The molecule has 2 aromatic rings. The predicted molar refractivity (Wildman–Crippen MR) is 91.8 cm³/mol. The van der Waals surface area contributed by atoms with Crippen molar-refractivity contribution in [1.29, 1.82) is 0 Å². The number of hydrogen-bond acceptors (Lipinski definition) is 3. The normalized spacial score (nSPS) is 10.7. The molecule has 0 aliphatic heterocycles. The third-order valence-electron chi connectivity index (χ3n) is 3.77. The summed E-state index contributed by atoms with van der Waals surface area (Å²) in [5.74, 6) is 0.123. The van der Waals surface area contributed by atoms with Gasteiger partial charge in [0.25, 0.3) is 0 Å². The van der Waals surface area contributed by atoms with E-state index in [9.17, 15) is 4.79 Å². The standard InChI is InChI=1S/C18H26N4O/c19-11-4-2-1-3-6-18(23)20-14-16-7-9-17(10-8-16)15-22-13-5-12-21-22/h5,7-10,12-13H,1-4,6,11,14-15,19H2,(H,20,23). The first-order valence-corrected chi connectivity index (χ1v) is 8.30. The number of benzene rings is 1. The van der Waals surface area contributed by atoms with Gasteiger partial charge in [0.2, 0.25) is 5.91 Å². The zero-order chi connectivity index (χ0) is 16.3. The van der Waals surface area contributed by atoms with Gasteiger partial charge < -0.3 is 11.1 Å². The van der Waals surface area contributed by atoms with Crippen LogP contribution in [0.5, 0.6) is 0 Å². The second kappa shape index (κ2) is 9.79. The Morgan fingerprint density at radius 1 is 1.09 bits per heavy atom. The third kappa shape index (κ3) is 6.65. The fourth-order valence-electron chi connectivity index (χ4n) is 2.42. The van der Waals surface area contributed by atoms with Crippen LogP contribution in [0.4, 0.5) is 0 Å². The summed E-state index contributed by atoms with van der Waals surface area (Å²) in [6, 6.07) is 10.2. The second-order valence-electron chi connectivity index (χ2n) is 5.75. The van der Waals surface area contributed by atoms with E-state index in [-0.39, 0.29) is 5.91 Å². The molecule has 5 nitrogen and oxygen atoms in total. The van der Waals surface area contributed by atoms with Gasteiger partial charge in [-0.15, -0.1) is 0 Å². The number of carbonyl (C=O) groups is 1. The molecule has 0 atom stereocenters. The molecule has 0 radical (unpaired) electrons. The lowest BCUT2D eigenvalue weighted by atomic mass is 10.1. The molecule has 1 amide bonds. The second-order valence-corrected chi connectivity index (χ2v) is 5.75. The zero-order valence-electron chi connectivity index (χ0n) is 13.6. The minimum atomic E-state index is 0.123. The number of aromatic nitrogens is 2. The average Bonchev–Trinajstić information content (AvgIpc) is 3.07. The van der Waals surface area contributed by atoms with Crippen LogP contribution in [0, 0.1) is 0 Å². The van der Waals surface area contributed by atoms with E-state index in [1.165, 1.54) is 5.56 Å². The van der Waals surface area contributed by atoms with Gasteiger partial charge in [-0.05, 0) is 36.6 Å². The van der Waals surface area contributed by atoms with Crippen LogP contribution in [-0.4, -0.2) is 22.2 Å². The van der Waals surface area contributed by atoms with Gasteiger partial charge in [-0.1, -0.05) is 37.1 Å². The van der Waals surface area contributed by atoms with Crippen molar-refractivity contribution in [3.8, 4) is 0 Å². The summed E-state index contributed by atoms with van der Waals surface area (Å²) in [5.41, 5.74) is 7.76. The fraction of sp³-hybridized carbons (Fsp3) is 0.444. The molecular formula is C18H26N4O. The Bertz CT molecular complexity index is 563. The van der Waals surface area contributed by atoms with Gasteiger partial charge in [-0.25, -0.2) is 0 Å². The lowest BCUT2D eigenvalue weighted by Gasteiger charge is -2.07. The van der Waals surface area contributed by atoms with Crippen molar-refractivity contribution in [2.75, 3.05) is 6.54 Å². The van der Waals surface area contributed by atoms with E-state index in [0.717, 1.165) is 44.3 Å². The quantitative estimate of drug-likeness (QED) is 0.662. The highest BCUT2D eigenvalue weighted by Crippen LogP contribution is 2.07. The van der Waals surface area contributed by atoms with Crippen molar-refractivity contribution < 1.29 is 4.79 Å². The maximum Gasteiger partial charge on any atom is 0.220 e. The summed E-state index contributed by atoms with van der Waals surface area (Å²) in [6.45, 7) is 2.09. The van der Waals surface area contributed by atoms with Crippen LogP contribution in [0.2, 0.25) is 0 Å². The van der Waals surface area contributed by atoms with Gasteiger partial charge in [-0.3, -0.25) is 9.48 Å². The number of nitrogens with two attached hydrogens (primary N) is 1. The topological polar surface area (TPSA) is 72.9 Å². The maximum absolute atomic E-state index is 11.8. The van der Waals surface area contributed by atoms with Gasteiger partial charge in [0, 0.05) is 25.4 Å². The highest BCUT2D eigenvalue weighted by atomic mass is 16.1. The summed E-state index contributed by atoms with van der Waals surface area (Å²) in [5, 5.41) is 7.17. The van der Waals surface area contributed by atoms with Crippen LogP contribution in [0.15, 0.2) is 42.7 Å². The van der Waals surface area contributed by atoms with E-state index in [1.54, 1.807) is 6.20 Å². The number of nitrogens with zero attached hydrogens (tertiary/aromatic N) is 2. The van der Waals surface area contributed by atoms with Crippen LogP contribution in [0.3, 0.4) is 0 Å². The molecule has 0 bridgehead atoms. The Balaban J connectivity index is 1.66. The fourth-order valence-corrected chi connectivity index (χ4v) is 2.42. The van der Waals surface area contributed by atoms with Crippen LogP contribution >= 0.6 is 0 Å². The number of nitrogens with one attached hydrogen (secondary N) is 1. The molecule has 0 saturated heterocycles. The van der Waals surface area contributed by atoms with E-state index in [1.807, 2.05) is 16.9 Å². The highest BCUT2D eigenvalue weighted by Gasteiger charge is 2.02. The Morgan fingerprint density at radius 3 is 2.52 bits per heavy atom.